The van der Waals surface area contributed by atoms with E-state index in [1.807, 2.05) is 6.92 Å². The fraction of sp³-hybridized carbons (Fsp3) is 0.857. The van der Waals surface area contributed by atoms with Crippen LogP contribution in [-0.4, -0.2) is 11.7 Å². The second-order valence-electron chi connectivity index (χ2n) is 3.21. The van der Waals surface area contributed by atoms with Crippen LogP contribution in [0.1, 0.15) is 27.7 Å². The maximum Gasteiger partial charge on any atom is 0.239 e. The van der Waals surface area contributed by atoms with Crippen LogP contribution in [0.5, 0.6) is 0 Å². The van der Waals surface area contributed by atoms with E-state index in [0.717, 1.165) is 0 Å². The van der Waals surface area contributed by atoms with Gasteiger partial charge in [-0.15, -0.1) is 0 Å². The van der Waals surface area contributed by atoms with Gasteiger partial charge in [-0.05, 0) is 24.6 Å². The van der Waals surface area contributed by atoms with Gasteiger partial charge >= 0.3 is 0 Å². The first-order chi connectivity index (χ1) is 3.98. The van der Waals surface area contributed by atoms with E-state index in [4.69, 9.17) is 4.74 Å². The Kier molecular flexibility index (Phi) is 3.12. The van der Waals surface area contributed by atoms with Gasteiger partial charge in [0.2, 0.25) is 5.55 Å². The molecule has 2 heteroatoms. The quantitative estimate of drug-likeness (QED) is 0.551. The highest BCUT2D eigenvalue weighted by molar-refractivity contribution is 7.78. The third-order valence-corrected chi connectivity index (χ3v) is 1.54. The van der Waals surface area contributed by atoms with E-state index in [0.29, 0.717) is 0 Å². The minimum atomic E-state index is 0.148. The molecule has 0 aliphatic carbocycles. The summed E-state index contributed by atoms with van der Waals surface area (Å²) in [4.78, 5) is 0. The molecule has 0 N–H and O–H groups in total. The summed E-state index contributed by atoms with van der Waals surface area (Å²) < 4.78 is 4.97. The fourth-order valence-corrected chi connectivity index (χ4v) is 0.393. The van der Waals surface area contributed by atoms with Crippen molar-refractivity contribution < 1.29 is 4.74 Å². The van der Waals surface area contributed by atoms with Crippen LogP contribution in [0.2, 0.25) is 0 Å². The zero-order chi connectivity index (χ0) is 7.49. The highest BCUT2D eigenvalue weighted by Gasteiger charge is 2.20. The van der Waals surface area contributed by atoms with Gasteiger partial charge < -0.3 is 4.74 Å². The molecular formula is C7H13OS. The second kappa shape index (κ2) is 3.16. The molecule has 0 saturated carbocycles. The zero-order valence-electron chi connectivity index (χ0n) is 6.39. The summed E-state index contributed by atoms with van der Waals surface area (Å²) >= 11 is 4.42. The summed E-state index contributed by atoms with van der Waals surface area (Å²) in [7, 11) is 0. The van der Waals surface area contributed by atoms with Crippen molar-refractivity contribution in [2.45, 2.75) is 33.8 Å². The molecule has 1 atom stereocenters. The van der Waals surface area contributed by atoms with Crippen LogP contribution in [0.4, 0.5) is 0 Å². The van der Waals surface area contributed by atoms with Crippen LogP contribution in [-0.2, 0) is 4.74 Å². The minimum Gasteiger partial charge on any atom is -0.477 e. The molecule has 1 nitrogen and oxygen atoms in total. The van der Waals surface area contributed by atoms with Crippen molar-refractivity contribution in [3.63, 3.8) is 0 Å². The maximum absolute atomic E-state index is 4.97. The van der Waals surface area contributed by atoms with E-state index in [-0.39, 0.29) is 11.5 Å². The van der Waals surface area contributed by atoms with Gasteiger partial charge in [-0.2, -0.15) is 0 Å². The summed E-state index contributed by atoms with van der Waals surface area (Å²) in [5.74, 6) is 0. The van der Waals surface area contributed by atoms with Crippen molar-refractivity contribution in [2.75, 3.05) is 0 Å². The average molecular weight is 145 g/mol. The number of hydrogen-bond acceptors (Lipinski definition) is 2. The molecule has 0 aliphatic heterocycles. The topological polar surface area (TPSA) is 9.23 Å². The fourth-order valence-electron chi connectivity index (χ4n) is 0.249. The van der Waals surface area contributed by atoms with Crippen LogP contribution in [0.25, 0.3) is 0 Å². The summed E-state index contributed by atoms with van der Waals surface area (Å²) in [6, 6.07) is 0. The number of ether oxygens (including phenoxy) is 1. The number of thiocarbonyl (C=S) groups is 1. The summed E-state index contributed by atoms with van der Waals surface area (Å²) in [6.45, 7) is 8.29. The Morgan fingerprint density at radius 3 is 2.00 bits per heavy atom. The Morgan fingerprint density at radius 1 is 1.44 bits per heavy atom. The molecule has 0 spiro atoms. The summed E-state index contributed by atoms with van der Waals surface area (Å²) in [5.41, 5.74) is 2.42. The Hall–Kier alpha value is -0.110. The van der Waals surface area contributed by atoms with Gasteiger partial charge in [-0.3, -0.25) is 0 Å². The van der Waals surface area contributed by atoms with E-state index in [9.17, 15) is 0 Å². The minimum absolute atomic E-state index is 0.148. The molecule has 9 heavy (non-hydrogen) atoms. The predicted molar refractivity (Wildman–Crippen MR) is 42.6 cm³/mol. The van der Waals surface area contributed by atoms with Crippen molar-refractivity contribution >= 4 is 17.8 Å². The van der Waals surface area contributed by atoms with Crippen molar-refractivity contribution in [2.24, 2.45) is 5.41 Å². The van der Waals surface area contributed by atoms with E-state index < -0.39 is 0 Å². The summed E-state index contributed by atoms with van der Waals surface area (Å²) in [6.07, 6.45) is 0.148. The van der Waals surface area contributed by atoms with E-state index in [1.165, 1.54) is 0 Å². The normalized spacial score (nSPS) is 14.7. The average Bonchev–Trinajstić information content (AvgIpc) is 1.64. The second-order valence-corrected chi connectivity index (χ2v) is 3.38. The van der Waals surface area contributed by atoms with Gasteiger partial charge in [0, 0.05) is 0 Å². The molecule has 0 aromatic rings. The van der Waals surface area contributed by atoms with Gasteiger partial charge in [-0.25, -0.2) is 0 Å². The van der Waals surface area contributed by atoms with Crippen molar-refractivity contribution in [1.82, 2.24) is 0 Å². The third kappa shape index (κ3) is 3.46. The Balaban J connectivity index is 3.72. The molecular weight excluding hydrogens is 132 g/mol. The highest BCUT2D eigenvalue weighted by atomic mass is 32.1. The smallest absolute Gasteiger partial charge is 0.239 e. The molecule has 0 heterocycles. The lowest BCUT2D eigenvalue weighted by molar-refractivity contribution is 0.103. The number of rotatable bonds is 2. The highest BCUT2D eigenvalue weighted by Crippen LogP contribution is 2.20. The lowest BCUT2D eigenvalue weighted by Crippen LogP contribution is -2.25. The Bertz CT molecular complexity index is 93.6. The molecule has 53 valence electrons. The van der Waals surface area contributed by atoms with Crippen LogP contribution >= 0.6 is 12.2 Å². The summed E-state index contributed by atoms with van der Waals surface area (Å²) in [5, 5.41) is 0. The first kappa shape index (κ1) is 8.89. The van der Waals surface area contributed by atoms with Gasteiger partial charge in [0.1, 0.15) is 6.10 Å². The van der Waals surface area contributed by atoms with Gasteiger partial charge in [0.05, 0.1) is 0 Å². The lowest BCUT2D eigenvalue weighted by atomic mass is 9.90. The van der Waals surface area contributed by atoms with Crippen LogP contribution in [0.15, 0.2) is 0 Å². The monoisotopic (exact) mass is 145 g/mol. The maximum atomic E-state index is 4.97. The third-order valence-electron chi connectivity index (χ3n) is 1.44. The van der Waals surface area contributed by atoms with E-state index in [2.05, 4.69) is 38.5 Å². The molecule has 1 radical (unpaired) electrons. The molecule has 0 amide bonds. The SMILES string of the molecule is CC(O[C]=S)C(C)(C)C. The molecule has 0 saturated heterocycles. The first-order valence-corrected chi connectivity index (χ1v) is 3.42. The largest absolute Gasteiger partial charge is 0.477 e. The zero-order valence-corrected chi connectivity index (χ0v) is 7.21. The van der Waals surface area contributed by atoms with Gasteiger partial charge in [0.15, 0.2) is 0 Å². The standard InChI is InChI=1S/C7H13OS/c1-6(8-5-9)7(2,3)4/h6H,1-4H3. The van der Waals surface area contributed by atoms with Crippen LogP contribution in [0, 0.1) is 5.41 Å². The van der Waals surface area contributed by atoms with Crippen LogP contribution in [0.3, 0.4) is 0 Å². The Labute approximate surface area is 62.4 Å². The molecule has 0 aliphatic rings. The van der Waals surface area contributed by atoms with Crippen molar-refractivity contribution in [3.8, 4) is 0 Å². The lowest BCUT2D eigenvalue weighted by Gasteiger charge is -2.24. The molecule has 0 aromatic carbocycles. The van der Waals surface area contributed by atoms with E-state index in [1.54, 1.807) is 0 Å². The van der Waals surface area contributed by atoms with Crippen molar-refractivity contribution in [1.29, 1.82) is 0 Å². The first-order valence-electron chi connectivity index (χ1n) is 3.01. The molecule has 0 rings (SSSR count). The number of hydrogen-bond donors (Lipinski definition) is 0. The molecule has 1 unspecified atom stereocenters. The molecule has 0 fully saturated rings. The van der Waals surface area contributed by atoms with Gasteiger partial charge in [0.25, 0.3) is 0 Å². The van der Waals surface area contributed by atoms with Gasteiger partial charge in [-0.1, -0.05) is 20.8 Å². The molecule has 0 aromatic heterocycles. The Morgan fingerprint density at radius 2 is 1.89 bits per heavy atom. The predicted octanol–water partition coefficient (Wildman–Crippen LogP) is 2.27. The van der Waals surface area contributed by atoms with E-state index >= 15 is 0 Å². The molecule has 0 bridgehead atoms. The van der Waals surface area contributed by atoms with Crippen LogP contribution < -0.4 is 0 Å². The van der Waals surface area contributed by atoms with Crippen molar-refractivity contribution in [3.05, 3.63) is 0 Å².